The molecule has 0 saturated heterocycles. The first-order valence-corrected chi connectivity index (χ1v) is 5.29. The van der Waals surface area contributed by atoms with Gasteiger partial charge in [-0.3, -0.25) is 0 Å². The quantitative estimate of drug-likeness (QED) is 0.750. The van der Waals surface area contributed by atoms with Crippen LogP contribution in [0.15, 0.2) is 36.4 Å². The topological polar surface area (TPSA) is 35.2 Å². The zero-order chi connectivity index (χ0) is 11.3. The van der Waals surface area contributed by atoms with Crippen molar-refractivity contribution >= 4 is 0 Å². The van der Waals surface area contributed by atoms with Crippen LogP contribution in [0.3, 0.4) is 0 Å². The Morgan fingerprint density at radius 3 is 2.73 bits per heavy atom. The van der Waals surface area contributed by atoms with Crippen LogP contribution in [-0.4, -0.2) is 6.61 Å². The molecule has 1 aromatic rings. The Bertz CT molecular complexity index is 331. The van der Waals surface area contributed by atoms with Gasteiger partial charge in [0.25, 0.3) is 0 Å². The van der Waals surface area contributed by atoms with Gasteiger partial charge in [0.05, 0.1) is 0 Å². The van der Waals surface area contributed by atoms with Crippen molar-refractivity contribution in [2.75, 3.05) is 6.61 Å². The maximum atomic E-state index is 5.85. The van der Waals surface area contributed by atoms with Crippen molar-refractivity contribution in [3.63, 3.8) is 0 Å². The van der Waals surface area contributed by atoms with E-state index < -0.39 is 0 Å². The predicted molar refractivity (Wildman–Crippen MR) is 64.0 cm³/mol. The fraction of sp³-hybridized carbons (Fsp3) is 0.385. The van der Waals surface area contributed by atoms with E-state index in [0.29, 0.717) is 6.61 Å². The second kappa shape index (κ2) is 5.56. The maximum absolute atomic E-state index is 5.85. The van der Waals surface area contributed by atoms with Crippen molar-refractivity contribution in [3.8, 4) is 5.75 Å². The van der Waals surface area contributed by atoms with Crippen LogP contribution < -0.4 is 10.5 Å². The van der Waals surface area contributed by atoms with E-state index in [2.05, 4.69) is 13.5 Å². The molecule has 1 rings (SSSR count). The molecule has 0 radical (unpaired) electrons. The molecular formula is C13H19NO. The van der Waals surface area contributed by atoms with Crippen LogP contribution in [0.4, 0.5) is 0 Å². The highest BCUT2D eigenvalue weighted by Crippen LogP contribution is 2.23. The molecule has 0 fully saturated rings. The molecule has 0 aliphatic heterocycles. The average molecular weight is 205 g/mol. The minimum atomic E-state index is -0.00362. The Kier molecular flexibility index (Phi) is 4.37. The van der Waals surface area contributed by atoms with Crippen LogP contribution in [0.5, 0.6) is 5.75 Å². The molecular weight excluding hydrogens is 186 g/mol. The largest absolute Gasteiger partial charge is 0.489 e. The molecule has 0 aromatic heterocycles. The molecule has 15 heavy (non-hydrogen) atoms. The van der Waals surface area contributed by atoms with Gasteiger partial charge in [0.1, 0.15) is 12.4 Å². The summed E-state index contributed by atoms with van der Waals surface area (Å²) in [5.74, 6) is 0.863. The average Bonchev–Trinajstić information content (AvgIpc) is 2.26. The molecule has 2 nitrogen and oxygen atoms in total. The van der Waals surface area contributed by atoms with E-state index in [1.54, 1.807) is 0 Å². The van der Waals surface area contributed by atoms with Gasteiger partial charge in [-0.2, -0.15) is 0 Å². The van der Waals surface area contributed by atoms with Crippen LogP contribution in [0.1, 0.15) is 31.9 Å². The number of benzene rings is 1. The second-order valence-corrected chi connectivity index (χ2v) is 3.72. The monoisotopic (exact) mass is 205 g/mol. The summed E-state index contributed by atoms with van der Waals surface area (Å²) in [6, 6.07) is 7.86. The van der Waals surface area contributed by atoms with Crippen LogP contribution >= 0.6 is 0 Å². The van der Waals surface area contributed by atoms with Gasteiger partial charge < -0.3 is 10.5 Å². The van der Waals surface area contributed by atoms with E-state index in [0.717, 1.165) is 23.3 Å². The molecule has 1 aromatic carbocycles. The van der Waals surface area contributed by atoms with Gasteiger partial charge in [-0.15, -0.1) is 0 Å². The van der Waals surface area contributed by atoms with Crippen molar-refractivity contribution in [2.45, 2.75) is 26.3 Å². The normalized spacial score (nSPS) is 12.2. The molecule has 0 spiro atoms. The number of ether oxygens (including phenoxy) is 1. The van der Waals surface area contributed by atoms with Crippen LogP contribution in [-0.2, 0) is 0 Å². The molecule has 0 aliphatic carbocycles. The van der Waals surface area contributed by atoms with Crippen LogP contribution in [0.25, 0.3) is 0 Å². The minimum absolute atomic E-state index is 0.00362. The summed E-state index contributed by atoms with van der Waals surface area (Å²) in [6.45, 7) is 8.50. The number of hydrogen-bond acceptors (Lipinski definition) is 2. The molecule has 0 saturated carbocycles. The third-order valence-electron chi connectivity index (χ3n) is 2.34. The molecule has 0 aliphatic rings. The SMILES string of the molecule is C=C(CC)COc1ccccc1C(C)N. The van der Waals surface area contributed by atoms with Crippen molar-refractivity contribution in [1.82, 2.24) is 0 Å². The highest BCUT2D eigenvalue weighted by Gasteiger charge is 2.06. The van der Waals surface area contributed by atoms with Crippen molar-refractivity contribution in [1.29, 1.82) is 0 Å². The Hall–Kier alpha value is -1.28. The Morgan fingerprint density at radius 2 is 2.13 bits per heavy atom. The zero-order valence-corrected chi connectivity index (χ0v) is 9.49. The lowest BCUT2D eigenvalue weighted by Crippen LogP contribution is -2.09. The molecule has 1 unspecified atom stereocenters. The number of para-hydroxylation sites is 1. The van der Waals surface area contributed by atoms with E-state index >= 15 is 0 Å². The lowest BCUT2D eigenvalue weighted by molar-refractivity contribution is 0.343. The summed E-state index contributed by atoms with van der Waals surface area (Å²) < 4.78 is 5.67. The van der Waals surface area contributed by atoms with Gasteiger partial charge in [0.2, 0.25) is 0 Å². The first-order chi connectivity index (χ1) is 7.15. The van der Waals surface area contributed by atoms with Crippen molar-refractivity contribution in [2.24, 2.45) is 5.73 Å². The highest BCUT2D eigenvalue weighted by atomic mass is 16.5. The number of hydrogen-bond donors (Lipinski definition) is 1. The lowest BCUT2D eigenvalue weighted by Gasteiger charge is -2.14. The van der Waals surface area contributed by atoms with E-state index in [9.17, 15) is 0 Å². The first-order valence-electron chi connectivity index (χ1n) is 5.29. The van der Waals surface area contributed by atoms with E-state index in [4.69, 9.17) is 10.5 Å². The fourth-order valence-electron chi connectivity index (χ4n) is 1.27. The van der Waals surface area contributed by atoms with Gasteiger partial charge in [-0.05, 0) is 25.0 Å². The van der Waals surface area contributed by atoms with Gasteiger partial charge in [-0.1, -0.05) is 31.7 Å². The van der Waals surface area contributed by atoms with Crippen LogP contribution in [0, 0.1) is 0 Å². The molecule has 0 bridgehead atoms. The molecule has 2 N–H and O–H groups in total. The van der Waals surface area contributed by atoms with Crippen molar-refractivity contribution in [3.05, 3.63) is 42.0 Å². The number of nitrogens with two attached hydrogens (primary N) is 1. The Labute approximate surface area is 91.7 Å². The smallest absolute Gasteiger partial charge is 0.124 e. The van der Waals surface area contributed by atoms with Crippen molar-refractivity contribution < 1.29 is 4.74 Å². The third kappa shape index (κ3) is 3.40. The van der Waals surface area contributed by atoms with E-state index in [1.165, 1.54) is 0 Å². The van der Waals surface area contributed by atoms with E-state index in [-0.39, 0.29) is 6.04 Å². The third-order valence-corrected chi connectivity index (χ3v) is 2.34. The summed E-state index contributed by atoms with van der Waals surface area (Å²) in [7, 11) is 0. The first kappa shape index (κ1) is 11.8. The molecule has 0 heterocycles. The Morgan fingerprint density at radius 1 is 1.47 bits per heavy atom. The lowest BCUT2D eigenvalue weighted by atomic mass is 10.1. The Balaban J connectivity index is 2.71. The highest BCUT2D eigenvalue weighted by molar-refractivity contribution is 5.35. The molecule has 82 valence electrons. The fourth-order valence-corrected chi connectivity index (χ4v) is 1.27. The summed E-state index contributed by atoms with van der Waals surface area (Å²) in [6.07, 6.45) is 0.945. The minimum Gasteiger partial charge on any atom is -0.489 e. The number of rotatable bonds is 5. The summed E-state index contributed by atoms with van der Waals surface area (Å²) in [5.41, 5.74) is 7.99. The second-order valence-electron chi connectivity index (χ2n) is 3.72. The van der Waals surface area contributed by atoms with Gasteiger partial charge >= 0.3 is 0 Å². The standard InChI is InChI=1S/C13H19NO/c1-4-10(2)9-15-13-8-6-5-7-12(13)11(3)14/h5-8,11H,2,4,9,14H2,1,3H3. The maximum Gasteiger partial charge on any atom is 0.124 e. The summed E-state index contributed by atoms with van der Waals surface area (Å²) in [5, 5.41) is 0. The van der Waals surface area contributed by atoms with Gasteiger partial charge in [0.15, 0.2) is 0 Å². The predicted octanol–water partition coefficient (Wildman–Crippen LogP) is 3.05. The van der Waals surface area contributed by atoms with Gasteiger partial charge in [0, 0.05) is 11.6 Å². The van der Waals surface area contributed by atoms with E-state index in [1.807, 2.05) is 31.2 Å². The van der Waals surface area contributed by atoms with Gasteiger partial charge in [-0.25, -0.2) is 0 Å². The summed E-state index contributed by atoms with van der Waals surface area (Å²) >= 11 is 0. The summed E-state index contributed by atoms with van der Waals surface area (Å²) in [4.78, 5) is 0. The van der Waals surface area contributed by atoms with Crippen LogP contribution in [0.2, 0.25) is 0 Å². The molecule has 0 amide bonds. The zero-order valence-electron chi connectivity index (χ0n) is 9.49. The molecule has 2 heteroatoms. The molecule has 1 atom stereocenters.